The summed E-state index contributed by atoms with van der Waals surface area (Å²) in [6.45, 7) is 2.88. The summed E-state index contributed by atoms with van der Waals surface area (Å²) in [7, 11) is 1.54. The highest BCUT2D eigenvalue weighted by Gasteiger charge is 2.30. The molecule has 0 aliphatic rings. The first-order chi connectivity index (χ1) is 18.0. The van der Waals surface area contributed by atoms with Gasteiger partial charge in [0.25, 0.3) is 0 Å². The molecular formula is C28H29N3O6. The zero-order valence-electron chi connectivity index (χ0n) is 20.7. The summed E-state index contributed by atoms with van der Waals surface area (Å²) in [6.07, 6.45) is 1.29. The minimum atomic E-state index is -1.10. The number of rotatable bonds is 11. The van der Waals surface area contributed by atoms with E-state index in [0.29, 0.717) is 30.4 Å². The van der Waals surface area contributed by atoms with Crippen LogP contribution in [0.15, 0.2) is 79.1 Å². The zero-order valence-corrected chi connectivity index (χ0v) is 20.7. The van der Waals surface area contributed by atoms with E-state index in [-0.39, 0.29) is 13.0 Å². The minimum Gasteiger partial charge on any atom is -0.497 e. The molecule has 1 atom stereocenters. The number of amides is 1. The molecule has 9 heteroatoms. The molecule has 3 aromatic carbocycles. The van der Waals surface area contributed by atoms with Gasteiger partial charge in [0.15, 0.2) is 0 Å². The first-order valence-electron chi connectivity index (χ1n) is 12.0. The number of carbonyl (C=O) groups excluding carboxylic acids is 1. The summed E-state index contributed by atoms with van der Waals surface area (Å²) < 4.78 is 18.5. The van der Waals surface area contributed by atoms with Crippen LogP contribution in [-0.4, -0.2) is 51.4 Å². The summed E-state index contributed by atoms with van der Waals surface area (Å²) in [5.41, 5.74) is 2.74. The van der Waals surface area contributed by atoms with Crippen LogP contribution in [0.25, 0.3) is 11.0 Å². The number of imidazole rings is 1. The molecule has 9 nitrogen and oxygen atoms in total. The van der Waals surface area contributed by atoms with Crippen LogP contribution in [0.2, 0.25) is 0 Å². The number of fused-ring (bicyclic) bond motifs is 1. The van der Waals surface area contributed by atoms with E-state index in [1.807, 2.05) is 41.0 Å². The molecule has 4 rings (SSSR count). The second kappa shape index (κ2) is 11.9. The second-order valence-corrected chi connectivity index (χ2v) is 8.35. The Hall–Kier alpha value is -4.53. The number of methoxy groups -OCH3 is 1. The number of carboxylic acids is 1. The molecule has 4 aromatic rings. The Kier molecular flexibility index (Phi) is 8.25. The van der Waals surface area contributed by atoms with Gasteiger partial charge in [0.05, 0.1) is 31.0 Å². The van der Waals surface area contributed by atoms with E-state index in [4.69, 9.17) is 14.2 Å². The molecule has 0 radical (unpaired) electrons. The van der Waals surface area contributed by atoms with Crippen LogP contribution in [0.4, 0.5) is 4.79 Å². The van der Waals surface area contributed by atoms with Crippen LogP contribution in [0.1, 0.15) is 18.9 Å². The highest BCUT2D eigenvalue weighted by molar-refractivity contribution is 5.81. The molecule has 1 aromatic heterocycles. The zero-order chi connectivity index (χ0) is 26.2. The maximum absolute atomic E-state index is 13.0. The van der Waals surface area contributed by atoms with Gasteiger partial charge in [-0.05, 0) is 60.5 Å². The maximum atomic E-state index is 13.0. The van der Waals surface area contributed by atoms with E-state index in [9.17, 15) is 14.7 Å². The fourth-order valence-corrected chi connectivity index (χ4v) is 3.97. The highest BCUT2D eigenvalue weighted by Crippen LogP contribution is 2.21. The number of carboxylic acid groups (broad SMARTS) is 1. The quantitative estimate of drug-likeness (QED) is 0.308. The molecule has 1 amide bonds. The number of nitrogens with zero attached hydrogens (tertiary/aromatic N) is 3. The minimum absolute atomic E-state index is 0.0705. The third-order valence-corrected chi connectivity index (χ3v) is 5.95. The highest BCUT2D eigenvalue weighted by atomic mass is 16.6. The number of hydrogen-bond acceptors (Lipinski definition) is 6. The third-order valence-electron chi connectivity index (χ3n) is 5.95. The van der Waals surface area contributed by atoms with Gasteiger partial charge in [0, 0.05) is 6.54 Å². The Morgan fingerprint density at radius 2 is 1.65 bits per heavy atom. The monoisotopic (exact) mass is 503 g/mol. The molecule has 0 aliphatic heterocycles. The number of aliphatic carboxylic acids is 1. The topological polar surface area (TPSA) is 103 Å². The predicted molar refractivity (Wildman–Crippen MR) is 138 cm³/mol. The largest absolute Gasteiger partial charge is 0.497 e. The molecule has 1 N–H and O–H groups in total. The molecule has 192 valence electrons. The van der Waals surface area contributed by atoms with E-state index in [1.54, 1.807) is 56.8 Å². The van der Waals surface area contributed by atoms with Gasteiger partial charge >= 0.3 is 12.1 Å². The fourth-order valence-electron chi connectivity index (χ4n) is 3.97. The van der Waals surface area contributed by atoms with Gasteiger partial charge in [0.1, 0.15) is 29.9 Å². The molecule has 0 bridgehead atoms. The first-order valence-corrected chi connectivity index (χ1v) is 12.0. The molecular weight excluding hydrogens is 474 g/mol. The van der Waals surface area contributed by atoms with E-state index in [1.165, 1.54) is 4.90 Å². The third kappa shape index (κ3) is 6.38. The van der Waals surface area contributed by atoms with Crippen molar-refractivity contribution in [1.29, 1.82) is 0 Å². The van der Waals surface area contributed by atoms with Crippen molar-refractivity contribution >= 4 is 23.1 Å². The number of benzene rings is 3. The summed E-state index contributed by atoms with van der Waals surface area (Å²) >= 11 is 0. The number of carbonyl (C=O) groups is 2. The van der Waals surface area contributed by atoms with Crippen LogP contribution >= 0.6 is 0 Å². The van der Waals surface area contributed by atoms with Crippen LogP contribution in [-0.2, 0) is 17.9 Å². The predicted octanol–water partition coefficient (Wildman–Crippen LogP) is 4.99. The van der Waals surface area contributed by atoms with Crippen molar-refractivity contribution in [1.82, 2.24) is 14.5 Å². The van der Waals surface area contributed by atoms with Gasteiger partial charge < -0.3 is 23.9 Å². The van der Waals surface area contributed by atoms with E-state index in [0.717, 1.165) is 16.6 Å². The van der Waals surface area contributed by atoms with Crippen LogP contribution in [0.3, 0.4) is 0 Å². The van der Waals surface area contributed by atoms with Crippen LogP contribution < -0.4 is 14.2 Å². The van der Waals surface area contributed by atoms with Gasteiger partial charge in [-0.15, -0.1) is 0 Å². The van der Waals surface area contributed by atoms with Gasteiger partial charge in [-0.2, -0.15) is 0 Å². The van der Waals surface area contributed by atoms with Gasteiger partial charge in [-0.1, -0.05) is 31.2 Å². The van der Waals surface area contributed by atoms with Gasteiger partial charge in [-0.3, -0.25) is 4.90 Å². The van der Waals surface area contributed by atoms with Crippen molar-refractivity contribution in [2.75, 3.05) is 13.7 Å². The lowest BCUT2D eigenvalue weighted by Gasteiger charge is -2.27. The van der Waals surface area contributed by atoms with Crippen LogP contribution in [0.5, 0.6) is 17.2 Å². The molecule has 37 heavy (non-hydrogen) atoms. The summed E-state index contributed by atoms with van der Waals surface area (Å²) in [4.78, 5) is 30.4. The number of hydrogen-bond donors (Lipinski definition) is 1. The van der Waals surface area contributed by atoms with Crippen molar-refractivity contribution in [3.05, 3.63) is 84.7 Å². The molecule has 1 heterocycles. The number of aromatic nitrogens is 2. The lowest BCUT2D eigenvalue weighted by molar-refractivity contribution is -0.142. The number of ether oxygens (including phenoxy) is 3. The number of para-hydroxylation sites is 2. The summed E-state index contributed by atoms with van der Waals surface area (Å²) in [5, 5.41) is 9.70. The van der Waals surface area contributed by atoms with Crippen molar-refractivity contribution in [3.63, 3.8) is 0 Å². The Morgan fingerprint density at radius 3 is 2.32 bits per heavy atom. The average molecular weight is 504 g/mol. The van der Waals surface area contributed by atoms with Gasteiger partial charge in [-0.25, -0.2) is 14.6 Å². The molecule has 1 unspecified atom stereocenters. The van der Waals surface area contributed by atoms with Gasteiger partial charge in [0.2, 0.25) is 0 Å². The normalized spacial score (nSPS) is 11.6. The lowest BCUT2D eigenvalue weighted by atomic mass is 10.1. The lowest BCUT2D eigenvalue weighted by Crippen LogP contribution is -2.45. The van der Waals surface area contributed by atoms with Crippen LogP contribution in [0, 0.1) is 0 Å². The van der Waals surface area contributed by atoms with Crippen molar-refractivity contribution in [2.45, 2.75) is 32.5 Å². The van der Waals surface area contributed by atoms with E-state index < -0.39 is 18.1 Å². The summed E-state index contributed by atoms with van der Waals surface area (Å²) in [5.74, 6) is 0.492. The van der Waals surface area contributed by atoms with Crippen molar-refractivity contribution in [2.24, 2.45) is 0 Å². The van der Waals surface area contributed by atoms with E-state index in [2.05, 4.69) is 4.98 Å². The Balaban J connectivity index is 1.39. The second-order valence-electron chi connectivity index (χ2n) is 8.35. The fraction of sp³-hybridized carbons (Fsp3) is 0.250. The van der Waals surface area contributed by atoms with Crippen molar-refractivity contribution < 1.29 is 28.9 Å². The molecule has 0 saturated carbocycles. The molecule has 0 fully saturated rings. The Morgan fingerprint density at radius 1 is 0.973 bits per heavy atom. The molecule has 0 spiro atoms. The standard InChI is InChI=1S/C28H29N3O6/c1-3-25(27(32)33)31(28(34)37-23-14-12-21(35-2)13-15-23)18-20-8-10-22(11-9-20)36-17-16-30-19-29-24-6-4-5-7-26(24)30/h4-15,19,25H,3,16-18H2,1-2H3,(H,32,33). The maximum Gasteiger partial charge on any atom is 0.416 e. The van der Waals surface area contributed by atoms with E-state index >= 15 is 0 Å². The first kappa shape index (κ1) is 25.6. The Labute approximate surface area is 214 Å². The average Bonchev–Trinajstić information content (AvgIpc) is 3.32. The van der Waals surface area contributed by atoms with Crippen molar-refractivity contribution in [3.8, 4) is 17.2 Å². The summed E-state index contributed by atoms with van der Waals surface area (Å²) in [6, 6.07) is 20.6. The Bertz CT molecular complexity index is 1330. The molecule has 0 aliphatic carbocycles. The SMILES string of the molecule is CCC(C(=O)O)N(Cc1ccc(OCCn2cnc3ccccc32)cc1)C(=O)Oc1ccc(OC)cc1. The smallest absolute Gasteiger partial charge is 0.416 e. The molecule has 0 saturated heterocycles.